The number of esters is 1. The van der Waals surface area contributed by atoms with Crippen LogP contribution in [-0.4, -0.2) is 44.0 Å². The second kappa shape index (κ2) is 8.94. The first-order valence-electron chi connectivity index (χ1n) is 7.51. The van der Waals surface area contributed by atoms with E-state index in [4.69, 9.17) is 4.74 Å². The molecule has 110 valence electrons. The van der Waals surface area contributed by atoms with Crippen molar-refractivity contribution in [1.82, 2.24) is 4.90 Å². The van der Waals surface area contributed by atoms with Crippen molar-refractivity contribution in [2.75, 3.05) is 20.7 Å². The predicted molar refractivity (Wildman–Crippen MR) is 78.4 cm³/mol. The lowest BCUT2D eigenvalue weighted by Crippen LogP contribution is -2.32. The van der Waals surface area contributed by atoms with Gasteiger partial charge in [0.2, 0.25) is 0 Å². The predicted octanol–water partition coefficient (Wildman–Crippen LogP) is 2.87. The van der Waals surface area contributed by atoms with E-state index in [1.165, 1.54) is 19.3 Å². The Hall–Kier alpha value is -1.06. The van der Waals surface area contributed by atoms with Gasteiger partial charge in [-0.2, -0.15) is 0 Å². The number of hydrogen-bond donors (Lipinski definition) is 0. The Labute approximate surface area is 117 Å². The molecular formula is C15H28N2O2. The molecule has 1 aliphatic carbocycles. The third kappa shape index (κ3) is 6.08. The second-order valence-electron chi connectivity index (χ2n) is 5.59. The normalized spacial score (nSPS) is 18.5. The van der Waals surface area contributed by atoms with Gasteiger partial charge in [-0.15, -0.1) is 0 Å². The van der Waals surface area contributed by atoms with Crippen molar-refractivity contribution >= 4 is 12.3 Å². The fourth-order valence-electron chi connectivity index (χ4n) is 2.43. The van der Waals surface area contributed by atoms with Crippen LogP contribution in [0.1, 0.15) is 51.9 Å². The number of rotatable bonds is 7. The monoisotopic (exact) mass is 268 g/mol. The summed E-state index contributed by atoms with van der Waals surface area (Å²) in [6, 6.07) is -0.306. The molecule has 1 saturated carbocycles. The van der Waals surface area contributed by atoms with Crippen LogP contribution in [0.5, 0.6) is 0 Å². The van der Waals surface area contributed by atoms with Gasteiger partial charge in [0, 0.05) is 14.1 Å². The van der Waals surface area contributed by atoms with Gasteiger partial charge < -0.3 is 9.64 Å². The molecule has 0 saturated heterocycles. The molecule has 0 aromatic carbocycles. The highest BCUT2D eigenvalue weighted by atomic mass is 16.5. The summed E-state index contributed by atoms with van der Waals surface area (Å²) in [6.45, 7) is 2.62. The van der Waals surface area contributed by atoms with E-state index in [1.807, 2.05) is 19.0 Å². The highest BCUT2D eigenvalue weighted by Crippen LogP contribution is 2.28. The summed E-state index contributed by atoms with van der Waals surface area (Å²) in [6.07, 6.45) is 9.60. The summed E-state index contributed by atoms with van der Waals surface area (Å²) in [5.41, 5.74) is 0. The Morgan fingerprint density at radius 3 is 2.63 bits per heavy atom. The van der Waals surface area contributed by atoms with Crippen LogP contribution >= 0.6 is 0 Å². The fraction of sp³-hybridized carbons (Fsp3) is 0.867. The van der Waals surface area contributed by atoms with Crippen LogP contribution in [-0.2, 0) is 9.53 Å². The van der Waals surface area contributed by atoms with E-state index in [-0.39, 0.29) is 12.0 Å². The van der Waals surface area contributed by atoms with Crippen LogP contribution in [0, 0.1) is 5.92 Å². The first kappa shape index (κ1) is 16.0. The molecule has 1 atom stereocenters. The first-order valence-corrected chi connectivity index (χ1v) is 7.51. The lowest BCUT2D eigenvalue weighted by Gasteiger charge is -2.26. The molecule has 1 aliphatic rings. The van der Waals surface area contributed by atoms with E-state index in [2.05, 4.69) is 11.9 Å². The van der Waals surface area contributed by atoms with Crippen LogP contribution in [0.2, 0.25) is 0 Å². The maximum atomic E-state index is 12.2. The maximum Gasteiger partial charge on any atom is 0.331 e. The van der Waals surface area contributed by atoms with Crippen molar-refractivity contribution < 1.29 is 9.53 Å². The van der Waals surface area contributed by atoms with E-state index in [0.717, 1.165) is 25.7 Å². The van der Waals surface area contributed by atoms with Crippen molar-refractivity contribution in [3.05, 3.63) is 0 Å². The van der Waals surface area contributed by atoms with Gasteiger partial charge in [0.1, 0.15) is 0 Å². The zero-order chi connectivity index (χ0) is 14.1. The van der Waals surface area contributed by atoms with Crippen molar-refractivity contribution in [3.63, 3.8) is 0 Å². The van der Waals surface area contributed by atoms with Gasteiger partial charge in [-0.3, -0.25) is 4.99 Å². The summed E-state index contributed by atoms with van der Waals surface area (Å²) >= 11 is 0. The van der Waals surface area contributed by atoms with Gasteiger partial charge in [0.05, 0.1) is 12.9 Å². The topological polar surface area (TPSA) is 41.9 Å². The third-order valence-corrected chi connectivity index (χ3v) is 3.54. The van der Waals surface area contributed by atoms with Crippen molar-refractivity contribution in [2.24, 2.45) is 10.9 Å². The Morgan fingerprint density at radius 2 is 2.05 bits per heavy atom. The molecule has 0 radical (unpaired) electrons. The summed E-state index contributed by atoms with van der Waals surface area (Å²) in [7, 11) is 3.84. The maximum absolute atomic E-state index is 12.2. The van der Waals surface area contributed by atoms with Gasteiger partial charge in [0.25, 0.3) is 0 Å². The van der Waals surface area contributed by atoms with E-state index in [0.29, 0.717) is 12.5 Å². The molecule has 0 bridgehead atoms. The highest BCUT2D eigenvalue weighted by molar-refractivity contribution is 5.78. The summed E-state index contributed by atoms with van der Waals surface area (Å²) < 4.78 is 5.36. The highest BCUT2D eigenvalue weighted by Gasteiger charge is 2.30. The smallest absolute Gasteiger partial charge is 0.331 e. The van der Waals surface area contributed by atoms with E-state index in [9.17, 15) is 4.79 Å². The summed E-state index contributed by atoms with van der Waals surface area (Å²) in [4.78, 5) is 18.5. The molecule has 4 nitrogen and oxygen atoms in total. The van der Waals surface area contributed by atoms with Gasteiger partial charge in [-0.05, 0) is 25.2 Å². The fourth-order valence-corrected chi connectivity index (χ4v) is 2.43. The van der Waals surface area contributed by atoms with Gasteiger partial charge in [0.15, 0.2) is 6.04 Å². The minimum Gasteiger partial charge on any atom is -0.464 e. The molecular weight excluding hydrogens is 240 g/mol. The van der Waals surface area contributed by atoms with E-state index >= 15 is 0 Å². The SMILES string of the molecule is CCCCOC(=O)C(N=CN(C)C)C1CCCCC1. The summed E-state index contributed by atoms with van der Waals surface area (Å²) in [5, 5.41) is 0. The molecule has 0 aromatic rings. The zero-order valence-corrected chi connectivity index (χ0v) is 12.6. The quantitative estimate of drug-likeness (QED) is 0.308. The largest absolute Gasteiger partial charge is 0.464 e. The van der Waals surface area contributed by atoms with Gasteiger partial charge in [-0.25, -0.2) is 4.79 Å². The molecule has 1 unspecified atom stereocenters. The van der Waals surface area contributed by atoms with Crippen molar-refractivity contribution in [3.8, 4) is 0 Å². The van der Waals surface area contributed by atoms with Crippen molar-refractivity contribution in [2.45, 2.75) is 57.9 Å². The minimum atomic E-state index is -0.306. The minimum absolute atomic E-state index is 0.140. The number of unbranched alkanes of at least 4 members (excludes halogenated alkanes) is 1. The molecule has 1 rings (SSSR count). The Balaban J connectivity index is 2.59. The molecule has 0 aliphatic heterocycles. The number of hydrogen-bond acceptors (Lipinski definition) is 3. The number of nitrogens with zero attached hydrogens (tertiary/aromatic N) is 2. The van der Waals surface area contributed by atoms with Gasteiger partial charge in [-0.1, -0.05) is 32.6 Å². The molecule has 0 heterocycles. The third-order valence-electron chi connectivity index (χ3n) is 3.54. The second-order valence-corrected chi connectivity index (χ2v) is 5.59. The van der Waals surface area contributed by atoms with Crippen LogP contribution in [0.3, 0.4) is 0 Å². The molecule has 4 heteroatoms. The molecule has 19 heavy (non-hydrogen) atoms. The Morgan fingerprint density at radius 1 is 1.37 bits per heavy atom. The first-order chi connectivity index (χ1) is 9.15. The average molecular weight is 268 g/mol. The lowest BCUT2D eigenvalue weighted by molar-refractivity contribution is -0.146. The molecule has 1 fully saturated rings. The number of carbonyl (C=O) groups is 1. The molecule has 0 N–H and O–H groups in total. The number of carbonyl (C=O) groups excluding carboxylic acids is 1. The Bertz CT molecular complexity index is 284. The van der Waals surface area contributed by atoms with E-state index < -0.39 is 0 Å². The lowest BCUT2D eigenvalue weighted by atomic mass is 9.84. The number of ether oxygens (including phenoxy) is 1. The standard InChI is InChI=1S/C15H28N2O2/c1-4-5-11-19-15(18)14(16-12-17(2)3)13-9-7-6-8-10-13/h12-14H,4-11H2,1-3H3. The molecule has 0 amide bonds. The van der Waals surface area contributed by atoms with Crippen LogP contribution < -0.4 is 0 Å². The van der Waals surface area contributed by atoms with E-state index in [1.54, 1.807) is 6.34 Å². The molecule has 0 aromatic heterocycles. The average Bonchev–Trinajstić information content (AvgIpc) is 2.40. The Kier molecular flexibility index (Phi) is 7.53. The molecule has 0 spiro atoms. The zero-order valence-electron chi connectivity index (χ0n) is 12.6. The van der Waals surface area contributed by atoms with Crippen LogP contribution in [0.4, 0.5) is 0 Å². The van der Waals surface area contributed by atoms with Crippen LogP contribution in [0.25, 0.3) is 0 Å². The van der Waals surface area contributed by atoms with Crippen molar-refractivity contribution in [1.29, 1.82) is 0 Å². The number of aliphatic imine (C=N–C) groups is 1. The summed E-state index contributed by atoms with van der Waals surface area (Å²) in [5.74, 6) is 0.220. The van der Waals surface area contributed by atoms with Crippen LogP contribution in [0.15, 0.2) is 4.99 Å². The van der Waals surface area contributed by atoms with Gasteiger partial charge >= 0.3 is 5.97 Å².